The van der Waals surface area contributed by atoms with Gasteiger partial charge in [-0.05, 0) is 30.3 Å². The Kier molecular flexibility index (Phi) is 8.54. The number of rotatable bonds is 5. The Hall–Kier alpha value is -4.77. The Balaban J connectivity index is 0.000000423. The predicted octanol–water partition coefficient (Wildman–Crippen LogP) is 4.84. The topological polar surface area (TPSA) is 122 Å². The molecule has 2 aromatic carbocycles. The standard InChI is InChI=1S/C26H18N4O4.C5H11NO/c1-30(33)26(32)21-13-24(28-23-10-11-27-14-22(21)23)18-6-2-16(3-7-18)17-4-8-19(9-5-17)25-12-20(15-31)34-29-25;1-6-2-4-7-5-3-6/h2-15,33H,1H3;2-5H2,1H3. The van der Waals surface area contributed by atoms with Crippen LogP contribution >= 0.6 is 0 Å². The molecule has 6 rings (SSSR count). The van der Waals surface area contributed by atoms with E-state index in [0.717, 1.165) is 48.6 Å². The van der Waals surface area contributed by atoms with Crippen LogP contribution in [0.1, 0.15) is 20.9 Å². The molecule has 10 nitrogen and oxygen atoms in total. The van der Waals surface area contributed by atoms with Gasteiger partial charge in [-0.15, -0.1) is 0 Å². The van der Waals surface area contributed by atoms with Crippen molar-refractivity contribution in [2.75, 3.05) is 40.4 Å². The SMILES string of the molecule is CN(O)C(=O)c1cc(-c2ccc(-c3ccc(-c4cc(C=O)on4)cc3)cc2)nc2ccncc12.CN1CCOCC1. The van der Waals surface area contributed by atoms with Crippen molar-refractivity contribution in [2.24, 2.45) is 0 Å². The highest BCUT2D eigenvalue weighted by molar-refractivity contribution is 6.06. The number of likely N-dealkylation sites (N-methyl/N-ethyl adjacent to an activating group) is 1. The predicted molar refractivity (Wildman–Crippen MR) is 153 cm³/mol. The van der Waals surface area contributed by atoms with Crippen molar-refractivity contribution < 1.29 is 24.1 Å². The summed E-state index contributed by atoms with van der Waals surface area (Å²) in [7, 11) is 3.40. The number of aromatic nitrogens is 3. The number of hydrogen-bond acceptors (Lipinski definition) is 9. The summed E-state index contributed by atoms with van der Waals surface area (Å²) < 4.78 is 10.0. The lowest BCUT2D eigenvalue weighted by molar-refractivity contribution is -0.0373. The third-order valence-electron chi connectivity index (χ3n) is 6.71. The maximum absolute atomic E-state index is 12.5. The monoisotopic (exact) mass is 551 g/mol. The fraction of sp³-hybridized carbons (Fsp3) is 0.194. The number of carbonyl (C=O) groups is 2. The van der Waals surface area contributed by atoms with E-state index in [9.17, 15) is 14.8 Å². The molecule has 4 heterocycles. The van der Waals surface area contributed by atoms with Crippen molar-refractivity contribution >= 4 is 23.1 Å². The van der Waals surface area contributed by atoms with Gasteiger partial charge in [0.1, 0.15) is 5.69 Å². The van der Waals surface area contributed by atoms with Crippen LogP contribution in [0, 0.1) is 0 Å². The van der Waals surface area contributed by atoms with E-state index in [1.54, 1.807) is 30.6 Å². The van der Waals surface area contributed by atoms with Gasteiger partial charge in [-0.25, -0.2) is 10.0 Å². The van der Waals surface area contributed by atoms with Crippen LogP contribution in [-0.4, -0.2) is 82.9 Å². The molecule has 10 heteroatoms. The second-order valence-corrected chi connectivity index (χ2v) is 9.58. The second-order valence-electron chi connectivity index (χ2n) is 9.58. The number of hydrogen-bond donors (Lipinski definition) is 1. The van der Waals surface area contributed by atoms with Crippen molar-refractivity contribution in [2.45, 2.75) is 0 Å². The molecule has 0 unspecified atom stereocenters. The molecule has 1 saturated heterocycles. The third-order valence-corrected chi connectivity index (χ3v) is 6.71. The molecule has 208 valence electrons. The molecule has 1 aliphatic heterocycles. The van der Waals surface area contributed by atoms with Crippen LogP contribution in [0.25, 0.3) is 44.5 Å². The zero-order chi connectivity index (χ0) is 28.8. The van der Waals surface area contributed by atoms with Crippen LogP contribution < -0.4 is 0 Å². The average Bonchev–Trinajstić information content (AvgIpc) is 3.51. The number of ether oxygens (including phenoxy) is 1. The molecule has 1 N–H and O–H groups in total. The van der Waals surface area contributed by atoms with E-state index in [2.05, 4.69) is 27.1 Å². The van der Waals surface area contributed by atoms with Crippen LogP contribution in [-0.2, 0) is 4.74 Å². The molecule has 0 aliphatic carbocycles. The van der Waals surface area contributed by atoms with Gasteiger partial charge in [0.05, 0.1) is 30.0 Å². The van der Waals surface area contributed by atoms with Gasteiger partial charge in [-0.1, -0.05) is 53.7 Å². The quantitative estimate of drug-likeness (QED) is 0.186. The molecule has 0 bridgehead atoms. The lowest BCUT2D eigenvalue weighted by Gasteiger charge is -2.21. The van der Waals surface area contributed by atoms with Gasteiger partial charge in [0, 0.05) is 55.1 Å². The van der Waals surface area contributed by atoms with E-state index in [-0.39, 0.29) is 5.76 Å². The van der Waals surface area contributed by atoms with Gasteiger partial charge in [0.25, 0.3) is 5.91 Å². The molecule has 1 amide bonds. The van der Waals surface area contributed by atoms with Crippen molar-refractivity contribution in [3.63, 3.8) is 0 Å². The number of amides is 1. The first-order valence-electron chi connectivity index (χ1n) is 13.0. The summed E-state index contributed by atoms with van der Waals surface area (Å²) in [6, 6.07) is 20.6. The normalized spacial score (nSPS) is 13.3. The van der Waals surface area contributed by atoms with Crippen LogP contribution in [0.5, 0.6) is 0 Å². The fourth-order valence-corrected chi connectivity index (χ4v) is 4.37. The molecular weight excluding hydrogens is 522 g/mol. The van der Waals surface area contributed by atoms with Gasteiger partial charge < -0.3 is 14.2 Å². The number of nitrogens with zero attached hydrogens (tertiary/aromatic N) is 5. The van der Waals surface area contributed by atoms with E-state index in [4.69, 9.17) is 9.26 Å². The zero-order valence-electron chi connectivity index (χ0n) is 22.7. The van der Waals surface area contributed by atoms with Gasteiger partial charge in [0.2, 0.25) is 0 Å². The van der Waals surface area contributed by atoms with Crippen molar-refractivity contribution in [3.8, 4) is 33.6 Å². The van der Waals surface area contributed by atoms with E-state index >= 15 is 0 Å². The summed E-state index contributed by atoms with van der Waals surface area (Å²) in [5, 5.41) is 14.7. The van der Waals surface area contributed by atoms with Crippen molar-refractivity contribution in [1.29, 1.82) is 0 Å². The van der Waals surface area contributed by atoms with Crippen LogP contribution in [0.15, 0.2) is 83.6 Å². The summed E-state index contributed by atoms with van der Waals surface area (Å²) in [5.74, 6) is -0.352. The zero-order valence-corrected chi connectivity index (χ0v) is 22.7. The van der Waals surface area contributed by atoms with Gasteiger partial charge in [-0.3, -0.25) is 19.8 Å². The molecule has 1 fully saturated rings. The molecule has 0 spiro atoms. The summed E-state index contributed by atoms with van der Waals surface area (Å²) in [6.07, 6.45) is 3.80. The number of fused-ring (bicyclic) bond motifs is 1. The van der Waals surface area contributed by atoms with Crippen LogP contribution in [0.4, 0.5) is 0 Å². The third kappa shape index (κ3) is 6.52. The highest BCUT2D eigenvalue weighted by atomic mass is 16.5. The number of carbonyl (C=O) groups excluding carboxylic acids is 2. The first-order chi connectivity index (χ1) is 19.9. The number of hydroxylamine groups is 2. The van der Waals surface area contributed by atoms with Crippen LogP contribution in [0.2, 0.25) is 0 Å². The maximum Gasteiger partial charge on any atom is 0.277 e. The molecule has 0 saturated carbocycles. The Morgan fingerprint density at radius 1 is 0.927 bits per heavy atom. The lowest BCUT2D eigenvalue weighted by Crippen LogP contribution is -2.32. The van der Waals surface area contributed by atoms with Crippen molar-refractivity contribution in [1.82, 2.24) is 25.1 Å². The molecular formula is C31H29N5O5. The van der Waals surface area contributed by atoms with E-state index in [1.165, 1.54) is 7.05 Å². The summed E-state index contributed by atoms with van der Waals surface area (Å²) >= 11 is 0. The number of pyridine rings is 2. The smallest absolute Gasteiger partial charge is 0.277 e. The Labute approximate surface area is 236 Å². The summed E-state index contributed by atoms with van der Waals surface area (Å²) in [6.45, 7) is 4.02. The van der Waals surface area contributed by atoms with Crippen LogP contribution in [0.3, 0.4) is 0 Å². The number of morpholine rings is 1. The second kappa shape index (κ2) is 12.6. The van der Waals surface area contributed by atoms with Gasteiger partial charge >= 0.3 is 0 Å². The van der Waals surface area contributed by atoms with Crippen molar-refractivity contribution in [3.05, 3.63) is 90.4 Å². The fourth-order valence-electron chi connectivity index (χ4n) is 4.37. The largest absolute Gasteiger partial charge is 0.379 e. The molecule has 41 heavy (non-hydrogen) atoms. The Bertz CT molecular complexity index is 1640. The molecule has 5 aromatic rings. The summed E-state index contributed by atoms with van der Waals surface area (Å²) in [4.78, 5) is 34.3. The Morgan fingerprint density at radius 3 is 2.07 bits per heavy atom. The van der Waals surface area contributed by atoms with E-state index in [0.29, 0.717) is 39.2 Å². The minimum absolute atomic E-state index is 0.184. The van der Waals surface area contributed by atoms with Gasteiger partial charge in [-0.2, -0.15) is 0 Å². The molecule has 3 aromatic heterocycles. The number of benzene rings is 2. The molecule has 0 atom stereocenters. The number of aldehydes is 1. The summed E-state index contributed by atoms with van der Waals surface area (Å²) in [5.41, 5.74) is 5.83. The van der Waals surface area contributed by atoms with Gasteiger partial charge in [0.15, 0.2) is 12.0 Å². The lowest BCUT2D eigenvalue weighted by atomic mass is 9.99. The minimum Gasteiger partial charge on any atom is -0.379 e. The first-order valence-corrected chi connectivity index (χ1v) is 13.0. The Morgan fingerprint density at radius 2 is 1.54 bits per heavy atom. The minimum atomic E-state index is -0.536. The average molecular weight is 552 g/mol. The molecule has 1 aliphatic rings. The first kappa shape index (κ1) is 27.8. The molecule has 0 radical (unpaired) electrons. The maximum atomic E-state index is 12.5. The highest BCUT2D eigenvalue weighted by Crippen LogP contribution is 2.29. The van der Waals surface area contributed by atoms with E-state index in [1.807, 2.05) is 48.5 Å². The van der Waals surface area contributed by atoms with E-state index < -0.39 is 5.91 Å². The highest BCUT2D eigenvalue weighted by Gasteiger charge is 2.17.